The quantitative estimate of drug-likeness (QED) is 0.585. The molecule has 78 valence electrons. The van der Waals surface area contributed by atoms with Crippen LogP contribution in [0.1, 0.15) is 5.56 Å². The van der Waals surface area contributed by atoms with Gasteiger partial charge >= 0.3 is 0 Å². The highest BCUT2D eigenvalue weighted by molar-refractivity contribution is 6.33. The average molecular weight is 206 g/mol. The number of benzene rings is 1. The summed E-state index contributed by atoms with van der Waals surface area (Å²) in [6.45, 7) is 0. The molecule has 2 amide bonds. The lowest BCUT2D eigenvalue weighted by Gasteiger charge is -1.99. The van der Waals surface area contributed by atoms with E-state index in [-0.39, 0.29) is 17.5 Å². The van der Waals surface area contributed by atoms with Crippen LogP contribution in [0.3, 0.4) is 0 Å². The van der Waals surface area contributed by atoms with Crippen LogP contribution in [0.25, 0.3) is 5.57 Å². The maximum Gasteiger partial charge on any atom is 0.258 e. The van der Waals surface area contributed by atoms with Gasteiger partial charge in [0.05, 0.1) is 5.57 Å². The van der Waals surface area contributed by atoms with Crippen LogP contribution >= 0.6 is 0 Å². The van der Waals surface area contributed by atoms with Crippen LogP contribution in [-0.2, 0) is 9.59 Å². The van der Waals surface area contributed by atoms with E-state index in [9.17, 15) is 14.7 Å². The predicted molar refractivity (Wildman–Crippen MR) is 54.3 cm³/mol. The zero-order chi connectivity index (χ0) is 10.1. The number of carbonyl (C=O) groups is 2. The Morgan fingerprint density at radius 3 is 2.47 bits per heavy atom. The van der Waals surface area contributed by atoms with Crippen molar-refractivity contribution in [1.29, 1.82) is 0 Å². The molecule has 5 N–H and O–H groups in total. The van der Waals surface area contributed by atoms with Crippen molar-refractivity contribution in [3.05, 3.63) is 35.9 Å². The number of rotatable bonds is 1. The van der Waals surface area contributed by atoms with Crippen molar-refractivity contribution in [3.63, 3.8) is 0 Å². The van der Waals surface area contributed by atoms with E-state index in [4.69, 9.17) is 0 Å². The van der Waals surface area contributed by atoms with Gasteiger partial charge in [-0.3, -0.25) is 14.9 Å². The molecule has 0 aromatic heterocycles. The van der Waals surface area contributed by atoms with Crippen LogP contribution in [0, 0.1) is 0 Å². The Balaban J connectivity index is 0.00000112. The Kier molecular flexibility index (Phi) is 2.87. The first-order valence-corrected chi connectivity index (χ1v) is 4.03. The van der Waals surface area contributed by atoms with E-state index in [0.29, 0.717) is 5.56 Å². The smallest absolute Gasteiger partial charge is 0.258 e. The maximum atomic E-state index is 11.2. The highest BCUT2D eigenvalue weighted by Gasteiger charge is 2.21. The molecule has 1 aliphatic heterocycles. The number of hydrogen-bond acceptors (Lipinski definition) is 4. The molecule has 1 aromatic carbocycles. The third kappa shape index (κ3) is 2.03. The highest BCUT2D eigenvalue weighted by atomic mass is 16.3. The lowest BCUT2D eigenvalue weighted by atomic mass is 10.1. The fraction of sp³-hybridized carbons (Fsp3) is 0. The minimum Gasteiger partial charge on any atom is -0.508 e. The molecule has 5 nitrogen and oxygen atoms in total. The van der Waals surface area contributed by atoms with E-state index in [2.05, 4.69) is 5.32 Å². The lowest BCUT2D eigenvalue weighted by Crippen LogP contribution is -2.21. The second-order valence-electron chi connectivity index (χ2n) is 2.93. The van der Waals surface area contributed by atoms with Crippen molar-refractivity contribution in [2.75, 3.05) is 0 Å². The minimum absolute atomic E-state index is 0. The van der Waals surface area contributed by atoms with E-state index in [1.165, 1.54) is 18.2 Å². The molecule has 0 unspecified atom stereocenters. The zero-order valence-electron chi connectivity index (χ0n) is 7.86. The summed E-state index contributed by atoms with van der Waals surface area (Å²) in [5, 5.41) is 11.3. The Hall–Kier alpha value is -2.14. The summed E-state index contributed by atoms with van der Waals surface area (Å²) in [7, 11) is 0. The summed E-state index contributed by atoms with van der Waals surface area (Å²) in [5.74, 6) is -0.788. The van der Waals surface area contributed by atoms with Crippen molar-refractivity contribution in [2.45, 2.75) is 0 Å². The van der Waals surface area contributed by atoms with Crippen molar-refractivity contribution in [3.8, 4) is 5.75 Å². The van der Waals surface area contributed by atoms with Gasteiger partial charge in [0.15, 0.2) is 0 Å². The van der Waals surface area contributed by atoms with Gasteiger partial charge < -0.3 is 11.3 Å². The number of hydrogen-bond donors (Lipinski definition) is 3. The van der Waals surface area contributed by atoms with E-state index < -0.39 is 11.8 Å². The summed E-state index contributed by atoms with van der Waals surface area (Å²) in [5.41, 5.74) is 0.819. The van der Waals surface area contributed by atoms with E-state index in [1.807, 2.05) is 0 Å². The molecule has 0 radical (unpaired) electrons. The van der Waals surface area contributed by atoms with Gasteiger partial charge in [-0.15, -0.1) is 0 Å². The Labute approximate surface area is 86.0 Å². The van der Waals surface area contributed by atoms with Gasteiger partial charge in [0.2, 0.25) is 0 Å². The van der Waals surface area contributed by atoms with Crippen LogP contribution in [0.2, 0.25) is 0 Å². The predicted octanol–water partition coefficient (Wildman–Crippen LogP) is 0.594. The Morgan fingerprint density at radius 1 is 1.20 bits per heavy atom. The monoisotopic (exact) mass is 206 g/mol. The van der Waals surface area contributed by atoms with Crippen molar-refractivity contribution < 1.29 is 14.7 Å². The van der Waals surface area contributed by atoms with Gasteiger partial charge in [-0.1, -0.05) is 12.1 Å². The van der Waals surface area contributed by atoms with Crippen molar-refractivity contribution >= 4 is 17.4 Å². The van der Waals surface area contributed by atoms with E-state index >= 15 is 0 Å². The highest BCUT2D eigenvalue weighted by Crippen LogP contribution is 2.21. The van der Waals surface area contributed by atoms with Gasteiger partial charge in [0.25, 0.3) is 11.8 Å². The van der Waals surface area contributed by atoms with Gasteiger partial charge in [-0.25, -0.2) is 0 Å². The largest absolute Gasteiger partial charge is 0.508 e. The Bertz CT molecular complexity index is 452. The summed E-state index contributed by atoms with van der Waals surface area (Å²) in [6.07, 6.45) is 1.22. The molecule has 0 atom stereocenters. The molecule has 0 saturated carbocycles. The molecule has 1 aromatic rings. The number of imide groups is 1. The van der Waals surface area contributed by atoms with Crippen LogP contribution in [-0.4, -0.2) is 16.9 Å². The van der Waals surface area contributed by atoms with Crippen LogP contribution in [0.4, 0.5) is 0 Å². The molecule has 0 fully saturated rings. The molecule has 0 saturated heterocycles. The summed E-state index contributed by atoms with van der Waals surface area (Å²) in [4.78, 5) is 22.1. The number of aromatic hydroxyl groups is 1. The molecular weight excluding hydrogens is 196 g/mol. The number of phenolic OH excluding ortho intramolecular Hbond substituents is 1. The normalized spacial score (nSPS) is 14.3. The molecule has 1 aliphatic rings. The first kappa shape index (κ1) is 10.9. The van der Waals surface area contributed by atoms with E-state index in [0.717, 1.165) is 0 Å². The zero-order valence-corrected chi connectivity index (χ0v) is 7.86. The molecular formula is C10H10N2O3. The number of nitrogens with one attached hydrogen (secondary N) is 1. The summed E-state index contributed by atoms with van der Waals surface area (Å²) in [6, 6.07) is 6.20. The standard InChI is InChI=1S/C10H7NO3.H3N/c12-7-3-1-2-6(4-7)8-5-9(13)11-10(8)14;/h1-5,12H,(H,11,13,14);1H3. The molecule has 2 rings (SSSR count). The first-order chi connectivity index (χ1) is 6.66. The third-order valence-corrected chi connectivity index (χ3v) is 1.91. The number of carbonyl (C=O) groups excluding carboxylic acids is 2. The molecule has 0 aliphatic carbocycles. The molecule has 0 spiro atoms. The molecule has 15 heavy (non-hydrogen) atoms. The fourth-order valence-electron chi connectivity index (χ4n) is 1.30. The van der Waals surface area contributed by atoms with Crippen LogP contribution in [0.5, 0.6) is 5.75 Å². The van der Waals surface area contributed by atoms with Gasteiger partial charge in [-0.05, 0) is 17.7 Å². The van der Waals surface area contributed by atoms with Crippen molar-refractivity contribution in [2.24, 2.45) is 0 Å². The van der Waals surface area contributed by atoms with Gasteiger partial charge in [0, 0.05) is 6.08 Å². The third-order valence-electron chi connectivity index (χ3n) is 1.91. The lowest BCUT2D eigenvalue weighted by molar-refractivity contribution is -0.123. The maximum absolute atomic E-state index is 11.2. The fourth-order valence-corrected chi connectivity index (χ4v) is 1.30. The average Bonchev–Trinajstić information content (AvgIpc) is 2.45. The summed E-state index contributed by atoms with van der Waals surface area (Å²) >= 11 is 0. The molecule has 0 bridgehead atoms. The van der Waals surface area contributed by atoms with Crippen molar-refractivity contribution in [1.82, 2.24) is 11.5 Å². The van der Waals surface area contributed by atoms with Crippen LogP contribution < -0.4 is 11.5 Å². The first-order valence-electron chi connectivity index (χ1n) is 4.03. The van der Waals surface area contributed by atoms with Gasteiger partial charge in [0.1, 0.15) is 5.75 Å². The second-order valence-corrected chi connectivity index (χ2v) is 2.93. The molecule has 5 heteroatoms. The minimum atomic E-state index is -0.430. The number of amides is 2. The van der Waals surface area contributed by atoms with Crippen LogP contribution in [0.15, 0.2) is 30.3 Å². The van der Waals surface area contributed by atoms with Gasteiger partial charge in [-0.2, -0.15) is 0 Å². The van der Waals surface area contributed by atoms with E-state index in [1.54, 1.807) is 12.1 Å². The summed E-state index contributed by atoms with van der Waals surface area (Å²) < 4.78 is 0. The SMILES string of the molecule is N.O=C1C=C(c2cccc(O)c2)C(=O)N1. The molecule has 1 heterocycles. The Morgan fingerprint density at radius 2 is 1.93 bits per heavy atom. The topological polar surface area (TPSA) is 101 Å². The second kappa shape index (κ2) is 3.93. The number of phenols is 1.